The van der Waals surface area contributed by atoms with Crippen molar-refractivity contribution in [1.29, 1.82) is 0 Å². The lowest BCUT2D eigenvalue weighted by atomic mass is 10.0. The highest BCUT2D eigenvalue weighted by Gasteiger charge is 2.30. The minimum absolute atomic E-state index is 0.0996. The Labute approximate surface area is 148 Å². The molecule has 0 aliphatic rings. The molecule has 0 spiro atoms. The third-order valence-corrected chi connectivity index (χ3v) is 5.21. The number of carbonyl (C=O) groups is 1. The Bertz CT molecular complexity index is 473. The molecule has 24 heavy (non-hydrogen) atoms. The second-order valence-electron chi connectivity index (χ2n) is 6.68. The quantitative estimate of drug-likeness (QED) is 0.271. The van der Waals surface area contributed by atoms with Crippen LogP contribution in [0.4, 0.5) is 0 Å². The number of nitrogens with zero attached hydrogens (tertiary/aromatic N) is 1. The van der Waals surface area contributed by atoms with Crippen LogP contribution in [0, 0.1) is 0 Å². The molecule has 0 fully saturated rings. The molecule has 0 rings (SSSR count). The normalized spacial score (nSPS) is 12.8. The second-order valence-corrected chi connectivity index (χ2v) is 7.97. The van der Waals surface area contributed by atoms with E-state index >= 15 is 0 Å². The summed E-state index contributed by atoms with van der Waals surface area (Å²) in [5.74, 6) is -0.739. The van der Waals surface area contributed by atoms with E-state index in [1.807, 2.05) is 0 Å². The SMILES string of the molecule is C=C(C)C(=O)N(C(C)CCCCCCCCCCCC)S(=O)(=O)O. The topological polar surface area (TPSA) is 74.7 Å². The van der Waals surface area contributed by atoms with Gasteiger partial charge in [0.05, 0.1) is 0 Å². The van der Waals surface area contributed by atoms with Crippen molar-refractivity contribution in [3.05, 3.63) is 12.2 Å². The highest BCUT2D eigenvalue weighted by atomic mass is 32.2. The van der Waals surface area contributed by atoms with Gasteiger partial charge in [-0.25, -0.2) is 4.31 Å². The molecule has 0 heterocycles. The van der Waals surface area contributed by atoms with Crippen LogP contribution in [0.5, 0.6) is 0 Å². The molecular formula is C18H35NO4S. The van der Waals surface area contributed by atoms with Gasteiger partial charge in [0.2, 0.25) is 0 Å². The van der Waals surface area contributed by atoms with Crippen LogP contribution in [0.25, 0.3) is 0 Å². The Morgan fingerprint density at radius 2 is 1.42 bits per heavy atom. The average molecular weight is 362 g/mol. The molecule has 0 aliphatic heterocycles. The predicted molar refractivity (Wildman–Crippen MR) is 99.1 cm³/mol. The summed E-state index contributed by atoms with van der Waals surface area (Å²) in [5.41, 5.74) is 0.0996. The van der Waals surface area contributed by atoms with Crippen molar-refractivity contribution in [3.8, 4) is 0 Å². The van der Waals surface area contributed by atoms with Crippen molar-refractivity contribution < 1.29 is 17.8 Å². The Hall–Kier alpha value is -0.880. The fraction of sp³-hybridized carbons (Fsp3) is 0.833. The highest BCUT2D eigenvalue weighted by molar-refractivity contribution is 7.84. The number of hydrogen-bond donors (Lipinski definition) is 1. The van der Waals surface area contributed by atoms with Crippen LogP contribution in [0.1, 0.15) is 91.4 Å². The minimum Gasteiger partial charge on any atom is -0.269 e. The average Bonchev–Trinajstić information content (AvgIpc) is 2.47. The summed E-state index contributed by atoms with van der Waals surface area (Å²) in [6, 6.07) is -0.557. The van der Waals surface area contributed by atoms with E-state index in [0.29, 0.717) is 10.7 Å². The molecule has 0 aliphatic carbocycles. The summed E-state index contributed by atoms with van der Waals surface area (Å²) in [4.78, 5) is 11.9. The summed E-state index contributed by atoms with van der Waals surface area (Å²) in [6.45, 7) is 8.76. The fourth-order valence-corrected chi connectivity index (χ4v) is 3.69. The van der Waals surface area contributed by atoms with Gasteiger partial charge in [-0.15, -0.1) is 0 Å². The summed E-state index contributed by atoms with van der Waals surface area (Å²) < 4.78 is 32.7. The van der Waals surface area contributed by atoms with Crippen LogP contribution in [-0.2, 0) is 15.1 Å². The Kier molecular flexibility index (Phi) is 12.0. The zero-order valence-corrected chi connectivity index (χ0v) is 16.4. The van der Waals surface area contributed by atoms with Crippen molar-refractivity contribution in [1.82, 2.24) is 4.31 Å². The molecule has 0 aromatic heterocycles. The summed E-state index contributed by atoms with van der Waals surface area (Å²) in [6.07, 6.45) is 12.5. The van der Waals surface area contributed by atoms with Gasteiger partial charge in [-0.2, -0.15) is 8.42 Å². The zero-order chi connectivity index (χ0) is 18.6. The number of unbranched alkanes of at least 4 members (excludes halogenated alkanes) is 9. The molecule has 0 saturated heterocycles. The van der Waals surface area contributed by atoms with E-state index < -0.39 is 22.3 Å². The molecule has 5 nitrogen and oxygen atoms in total. The minimum atomic E-state index is -4.55. The van der Waals surface area contributed by atoms with E-state index in [1.165, 1.54) is 51.9 Å². The number of carbonyl (C=O) groups excluding carboxylic acids is 1. The van der Waals surface area contributed by atoms with Crippen molar-refractivity contribution in [2.45, 2.75) is 97.4 Å². The van der Waals surface area contributed by atoms with E-state index in [9.17, 15) is 17.8 Å². The van der Waals surface area contributed by atoms with Gasteiger partial charge in [-0.1, -0.05) is 77.7 Å². The first-order chi connectivity index (χ1) is 11.2. The highest BCUT2D eigenvalue weighted by Crippen LogP contribution is 2.17. The number of hydrogen-bond acceptors (Lipinski definition) is 3. The maximum absolute atomic E-state index is 11.9. The molecule has 142 valence electrons. The molecule has 0 radical (unpaired) electrons. The molecule has 0 aromatic carbocycles. The van der Waals surface area contributed by atoms with E-state index in [2.05, 4.69) is 13.5 Å². The van der Waals surface area contributed by atoms with Crippen LogP contribution < -0.4 is 0 Å². The van der Waals surface area contributed by atoms with E-state index in [4.69, 9.17) is 0 Å². The fourth-order valence-electron chi connectivity index (χ4n) is 2.76. The van der Waals surface area contributed by atoms with Gasteiger partial charge >= 0.3 is 10.3 Å². The first kappa shape index (κ1) is 23.1. The van der Waals surface area contributed by atoms with Gasteiger partial charge in [0, 0.05) is 11.6 Å². The van der Waals surface area contributed by atoms with Crippen LogP contribution in [0.3, 0.4) is 0 Å². The third-order valence-electron chi connectivity index (χ3n) is 4.19. The lowest BCUT2D eigenvalue weighted by Crippen LogP contribution is -2.43. The van der Waals surface area contributed by atoms with Crippen molar-refractivity contribution in [2.24, 2.45) is 0 Å². The summed E-state index contributed by atoms with van der Waals surface area (Å²) in [7, 11) is -4.55. The molecule has 0 aromatic rings. The monoisotopic (exact) mass is 361 g/mol. The Balaban J connectivity index is 4.00. The van der Waals surface area contributed by atoms with Gasteiger partial charge < -0.3 is 0 Å². The lowest BCUT2D eigenvalue weighted by molar-refractivity contribution is -0.124. The van der Waals surface area contributed by atoms with Crippen molar-refractivity contribution in [2.75, 3.05) is 0 Å². The van der Waals surface area contributed by atoms with Crippen LogP contribution >= 0.6 is 0 Å². The van der Waals surface area contributed by atoms with E-state index in [1.54, 1.807) is 6.92 Å². The lowest BCUT2D eigenvalue weighted by Gasteiger charge is -2.25. The largest absolute Gasteiger partial charge is 0.362 e. The third kappa shape index (κ3) is 10.1. The Morgan fingerprint density at radius 1 is 1.00 bits per heavy atom. The molecule has 1 amide bonds. The first-order valence-electron chi connectivity index (χ1n) is 9.18. The van der Waals surface area contributed by atoms with Gasteiger partial charge in [-0.3, -0.25) is 9.35 Å². The van der Waals surface area contributed by atoms with Crippen molar-refractivity contribution in [3.63, 3.8) is 0 Å². The predicted octanol–water partition coefficient (Wildman–Crippen LogP) is 4.89. The van der Waals surface area contributed by atoms with E-state index in [-0.39, 0.29) is 5.57 Å². The number of rotatable bonds is 14. The van der Waals surface area contributed by atoms with Gasteiger partial charge in [-0.05, 0) is 20.3 Å². The van der Waals surface area contributed by atoms with Crippen LogP contribution in [-0.4, -0.2) is 29.2 Å². The van der Waals surface area contributed by atoms with Gasteiger partial charge in [0.25, 0.3) is 5.91 Å². The molecule has 1 N–H and O–H groups in total. The van der Waals surface area contributed by atoms with Gasteiger partial charge in [0.15, 0.2) is 0 Å². The maximum Gasteiger partial charge on any atom is 0.362 e. The molecule has 6 heteroatoms. The standard InChI is InChI=1S/C18H35NO4S/c1-5-6-7-8-9-10-11-12-13-14-15-17(4)19(24(21,22)23)18(20)16(2)3/h17H,2,5-15H2,1,3-4H3,(H,21,22,23). The van der Waals surface area contributed by atoms with Crippen LogP contribution in [0.2, 0.25) is 0 Å². The molecule has 1 atom stereocenters. The maximum atomic E-state index is 11.9. The Morgan fingerprint density at radius 3 is 1.79 bits per heavy atom. The van der Waals surface area contributed by atoms with Crippen LogP contribution in [0.15, 0.2) is 12.2 Å². The molecular weight excluding hydrogens is 326 g/mol. The molecule has 1 unspecified atom stereocenters. The molecule has 0 bridgehead atoms. The summed E-state index contributed by atoms with van der Waals surface area (Å²) >= 11 is 0. The zero-order valence-electron chi connectivity index (χ0n) is 15.6. The van der Waals surface area contributed by atoms with Gasteiger partial charge in [0.1, 0.15) is 0 Å². The van der Waals surface area contributed by atoms with E-state index in [0.717, 1.165) is 19.3 Å². The number of amides is 1. The van der Waals surface area contributed by atoms with Crippen molar-refractivity contribution >= 4 is 16.2 Å². The summed E-state index contributed by atoms with van der Waals surface area (Å²) in [5, 5.41) is 0. The smallest absolute Gasteiger partial charge is 0.269 e. The first-order valence-corrected chi connectivity index (χ1v) is 10.6. The molecule has 0 saturated carbocycles. The second kappa shape index (κ2) is 12.5.